The fraction of sp³-hybridized carbons (Fsp3) is 0.333. The minimum atomic E-state index is -0.103. The molecule has 0 saturated carbocycles. The summed E-state index contributed by atoms with van der Waals surface area (Å²) in [5, 5.41) is 3.40. The average Bonchev–Trinajstić information content (AvgIpc) is 3.03. The molecule has 0 spiro atoms. The van der Waals surface area contributed by atoms with Crippen molar-refractivity contribution in [3.05, 3.63) is 58.6 Å². The Labute approximate surface area is 172 Å². The number of rotatable bonds is 2. The Hall–Kier alpha value is -2.93. The standard InChI is InChI=1S/C21H20ClN5O2/c22-16-4-2-1-3-14(16)21(29)26-8-5-13(6-9-26)19-25-17-12-23-11-15-18(17)27(19)10-7-24-20(15)28/h1-4,11-13H,5-10H2,(H,24,28). The Morgan fingerprint density at radius 2 is 1.93 bits per heavy atom. The predicted molar refractivity (Wildman–Crippen MR) is 109 cm³/mol. The molecule has 148 valence electrons. The molecule has 2 amide bonds. The summed E-state index contributed by atoms with van der Waals surface area (Å²) in [5.41, 5.74) is 2.74. The van der Waals surface area contributed by atoms with Crippen LogP contribution in [0, 0.1) is 0 Å². The van der Waals surface area contributed by atoms with Crippen LogP contribution in [0.2, 0.25) is 5.02 Å². The number of aromatic nitrogens is 3. The first-order chi connectivity index (χ1) is 14.1. The molecule has 0 atom stereocenters. The maximum absolute atomic E-state index is 12.8. The monoisotopic (exact) mass is 409 g/mol. The number of carbonyl (C=O) groups is 2. The number of likely N-dealkylation sites (tertiary alicyclic amines) is 1. The highest BCUT2D eigenvalue weighted by Crippen LogP contribution is 2.32. The molecule has 0 bridgehead atoms. The number of nitrogens with one attached hydrogen (secondary N) is 1. The molecular weight excluding hydrogens is 390 g/mol. The van der Waals surface area contributed by atoms with Crippen molar-refractivity contribution in [3.8, 4) is 0 Å². The fourth-order valence-corrected chi connectivity index (χ4v) is 4.55. The number of amides is 2. The van der Waals surface area contributed by atoms with Crippen molar-refractivity contribution in [3.63, 3.8) is 0 Å². The quantitative estimate of drug-likeness (QED) is 0.705. The van der Waals surface area contributed by atoms with Gasteiger partial charge in [-0.2, -0.15) is 0 Å². The van der Waals surface area contributed by atoms with E-state index in [9.17, 15) is 9.59 Å². The van der Waals surface area contributed by atoms with Gasteiger partial charge in [-0.15, -0.1) is 0 Å². The van der Waals surface area contributed by atoms with E-state index in [1.165, 1.54) is 0 Å². The van der Waals surface area contributed by atoms with E-state index in [1.807, 2.05) is 17.0 Å². The van der Waals surface area contributed by atoms with Gasteiger partial charge in [-0.3, -0.25) is 14.6 Å². The summed E-state index contributed by atoms with van der Waals surface area (Å²) in [6.07, 6.45) is 4.97. The van der Waals surface area contributed by atoms with E-state index in [4.69, 9.17) is 16.6 Å². The lowest BCUT2D eigenvalue weighted by molar-refractivity contribution is 0.0710. The second-order valence-corrected chi connectivity index (χ2v) is 7.89. The molecule has 1 saturated heterocycles. The van der Waals surface area contributed by atoms with E-state index >= 15 is 0 Å². The third kappa shape index (κ3) is 3.06. The number of nitrogens with zero attached hydrogens (tertiary/aromatic N) is 4. The second-order valence-electron chi connectivity index (χ2n) is 7.48. The first kappa shape index (κ1) is 18.1. The first-order valence-corrected chi connectivity index (χ1v) is 10.2. The molecule has 29 heavy (non-hydrogen) atoms. The molecule has 1 N–H and O–H groups in total. The molecule has 3 aromatic rings. The zero-order valence-corrected chi connectivity index (χ0v) is 16.5. The minimum Gasteiger partial charge on any atom is -0.350 e. The van der Waals surface area contributed by atoms with Crippen LogP contribution in [0.25, 0.3) is 11.0 Å². The van der Waals surface area contributed by atoms with E-state index < -0.39 is 0 Å². The molecule has 1 fully saturated rings. The zero-order valence-electron chi connectivity index (χ0n) is 15.8. The van der Waals surface area contributed by atoms with Gasteiger partial charge >= 0.3 is 0 Å². The van der Waals surface area contributed by atoms with Crippen molar-refractivity contribution in [1.82, 2.24) is 24.8 Å². The molecule has 0 radical (unpaired) electrons. The number of halogens is 1. The molecule has 1 aromatic carbocycles. The van der Waals surface area contributed by atoms with Gasteiger partial charge in [0.1, 0.15) is 11.3 Å². The van der Waals surface area contributed by atoms with Crippen molar-refractivity contribution in [2.45, 2.75) is 25.3 Å². The van der Waals surface area contributed by atoms with Gasteiger partial charge in [0.15, 0.2) is 0 Å². The van der Waals surface area contributed by atoms with Crippen molar-refractivity contribution in [2.75, 3.05) is 19.6 Å². The van der Waals surface area contributed by atoms with Crippen LogP contribution in [0.1, 0.15) is 45.3 Å². The molecule has 8 heteroatoms. The van der Waals surface area contributed by atoms with Crippen LogP contribution in [0.4, 0.5) is 0 Å². The van der Waals surface area contributed by atoms with Crippen LogP contribution in [0.15, 0.2) is 36.7 Å². The molecule has 2 aliphatic heterocycles. The van der Waals surface area contributed by atoms with Crippen LogP contribution >= 0.6 is 11.6 Å². The molecule has 4 heterocycles. The van der Waals surface area contributed by atoms with Crippen molar-refractivity contribution in [1.29, 1.82) is 0 Å². The van der Waals surface area contributed by atoms with Gasteiger partial charge in [0.25, 0.3) is 11.8 Å². The number of pyridine rings is 1. The number of hydrogen-bond donors (Lipinski definition) is 1. The predicted octanol–water partition coefficient (Wildman–Crippen LogP) is 2.85. The van der Waals surface area contributed by atoms with E-state index in [2.05, 4.69) is 14.9 Å². The smallest absolute Gasteiger partial charge is 0.255 e. The summed E-state index contributed by atoms with van der Waals surface area (Å²) in [4.78, 5) is 36.0. The van der Waals surface area contributed by atoms with Gasteiger partial charge in [-0.1, -0.05) is 23.7 Å². The van der Waals surface area contributed by atoms with Crippen LogP contribution < -0.4 is 5.32 Å². The SMILES string of the molecule is O=C1NCCn2c(C3CCN(C(=O)c4ccccc4Cl)CC3)nc3cncc1c32. The summed E-state index contributed by atoms with van der Waals surface area (Å²) in [6.45, 7) is 2.56. The van der Waals surface area contributed by atoms with Gasteiger partial charge < -0.3 is 14.8 Å². The first-order valence-electron chi connectivity index (χ1n) is 9.79. The van der Waals surface area contributed by atoms with Gasteiger partial charge in [0.2, 0.25) is 0 Å². The number of hydrogen-bond acceptors (Lipinski definition) is 4. The summed E-state index contributed by atoms with van der Waals surface area (Å²) in [5.74, 6) is 1.09. The van der Waals surface area contributed by atoms with Gasteiger partial charge in [-0.05, 0) is 25.0 Å². The largest absolute Gasteiger partial charge is 0.350 e. The number of imidazole rings is 1. The Balaban J connectivity index is 1.40. The molecular formula is C21H20ClN5O2. The third-order valence-electron chi connectivity index (χ3n) is 5.80. The number of carbonyl (C=O) groups excluding carboxylic acids is 2. The Morgan fingerprint density at radius 1 is 1.14 bits per heavy atom. The van der Waals surface area contributed by atoms with Gasteiger partial charge in [0, 0.05) is 38.3 Å². The molecule has 2 aliphatic rings. The topological polar surface area (TPSA) is 80.1 Å². The molecule has 0 aliphatic carbocycles. The Bertz CT molecular complexity index is 1120. The maximum Gasteiger partial charge on any atom is 0.255 e. The maximum atomic E-state index is 12.8. The second kappa shape index (κ2) is 7.15. The van der Waals surface area contributed by atoms with E-state index in [-0.39, 0.29) is 17.7 Å². The molecule has 7 nitrogen and oxygen atoms in total. The minimum absolute atomic E-state index is 0.0262. The van der Waals surface area contributed by atoms with E-state index in [0.717, 1.165) is 29.7 Å². The van der Waals surface area contributed by atoms with Gasteiger partial charge in [0.05, 0.1) is 27.9 Å². The molecule has 5 rings (SSSR count). The number of benzene rings is 1. The van der Waals surface area contributed by atoms with Crippen LogP contribution in [-0.2, 0) is 6.54 Å². The lowest BCUT2D eigenvalue weighted by atomic mass is 9.95. The van der Waals surface area contributed by atoms with Crippen LogP contribution in [-0.4, -0.2) is 50.9 Å². The summed E-state index contributed by atoms with van der Waals surface area (Å²) >= 11 is 6.20. The average molecular weight is 410 g/mol. The van der Waals surface area contributed by atoms with Crippen LogP contribution in [0.3, 0.4) is 0 Å². The van der Waals surface area contributed by atoms with Crippen molar-refractivity contribution in [2.24, 2.45) is 0 Å². The highest BCUT2D eigenvalue weighted by molar-refractivity contribution is 6.33. The molecule has 0 unspecified atom stereocenters. The van der Waals surface area contributed by atoms with Crippen LogP contribution in [0.5, 0.6) is 0 Å². The summed E-state index contributed by atoms with van der Waals surface area (Å²) in [6, 6.07) is 7.16. The zero-order chi connectivity index (χ0) is 20.0. The summed E-state index contributed by atoms with van der Waals surface area (Å²) in [7, 11) is 0. The lowest BCUT2D eigenvalue weighted by Crippen LogP contribution is -2.38. The van der Waals surface area contributed by atoms with Crippen molar-refractivity contribution < 1.29 is 9.59 Å². The van der Waals surface area contributed by atoms with E-state index in [0.29, 0.717) is 42.3 Å². The van der Waals surface area contributed by atoms with Gasteiger partial charge in [-0.25, -0.2) is 4.98 Å². The van der Waals surface area contributed by atoms with Crippen molar-refractivity contribution >= 4 is 34.4 Å². The third-order valence-corrected chi connectivity index (χ3v) is 6.13. The fourth-order valence-electron chi connectivity index (χ4n) is 4.33. The number of piperidine rings is 1. The Kier molecular flexibility index (Phi) is 4.47. The normalized spacial score (nSPS) is 17.3. The lowest BCUT2D eigenvalue weighted by Gasteiger charge is -2.32. The van der Waals surface area contributed by atoms with E-state index in [1.54, 1.807) is 24.5 Å². The highest BCUT2D eigenvalue weighted by atomic mass is 35.5. The summed E-state index contributed by atoms with van der Waals surface area (Å²) < 4.78 is 2.15. The Morgan fingerprint density at radius 3 is 2.72 bits per heavy atom. The molecule has 2 aromatic heterocycles. The highest BCUT2D eigenvalue weighted by Gasteiger charge is 2.30.